The molecule has 2 bridgehead atoms. The van der Waals surface area contributed by atoms with Gasteiger partial charge in [-0.25, -0.2) is 0 Å². The highest BCUT2D eigenvalue weighted by atomic mass is 35.5. The Labute approximate surface area is 144 Å². The smallest absolute Gasteiger partial charge is 0.202 e. The summed E-state index contributed by atoms with van der Waals surface area (Å²) in [6.07, 6.45) is 2.04. The van der Waals surface area contributed by atoms with Gasteiger partial charge in [-0.1, -0.05) is 34.3 Å². The molecule has 4 rings (SSSR count). The molecule has 0 saturated heterocycles. The highest BCUT2D eigenvalue weighted by Gasteiger charge is 2.48. The molecule has 1 aromatic carbocycles. The van der Waals surface area contributed by atoms with Crippen LogP contribution in [0.25, 0.3) is 5.69 Å². The Balaban J connectivity index is 1.96. The number of hydrogen-bond donors (Lipinski definition) is 2. The SMILES string of the molecule is CC(C)=C1[C@H]2CC[C@@H]1c1c2c(O)n(-c2cc(Cl)cc(Cl)c2)c1O. The summed E-state index contributed by atoms with van der Waals surface area (Å²) in [5, 5.41) is 22.5. The predicted octanol–water partition coefficient (Wildman–Crippen LogP) is 5.51. The largest absolute Gasteiger partial charge is 0.494 e. The summed E-state index contributed by atoms with van der Waals surface area (Å²) in [4.78, 5) is 0. The number of aromatic hydroxyl groups is 2. The third-order valence-corrected chi connectivity index (χ3v) is 5.51. The van der Waals surface area contributed by atoms with Crippen LogP contribution in [0.1, 0.15) is 49.7 Å². The second-order valence-electron chi connectivity index (χ2n) is 6.58. The van der Waals surface area contributed by atoms with Gasteiger partial charge in [-0.3, -0.25) is 4.57 Å². The van der Waals surface area contributed by atoms with E-state index in [1.54, 1.807) is 18.2 Å². The van der Waals surface area contributed by atoms with Gasteiger partial charge in [0.25, 0.3) is 0 Å². The number of nitrogens with zero attached hydrogens (tertiary/aromatic N) is 1. The van der Waals surface area contributed by atoms with Crippen LogP contribution < -0.4 is 0 Å². The fourth-order valence-corrected chi connectivity index (χ4v) is 4.88. The van der Waals surface area contributed by atoms with E-state index in [0.29, 0.717) is 15.7 Å². The number of hydrogen-bond acceptors (Lipinski definition) is 2. The lowest BCUT2D eigenvalue weighted by atomic mass is 9.95. The molecule has 120 valence electrons. The first-order valence-electron chi connectivity index (χ1n) is 7.70. The molecule has 2 aromatic rings. The van der Waals surface area contributed by atoms with Crippen molar-refractivity contribution in [2.24, 2.45) is 0 Å². The van der Waals surface area contributed by atoms with Crippen molar-refractivity contribution in [1.29, 1.82) is 0 Å². The van der Waals surface area contributed by atoms with Crippen LogP contribution in [-0.2, 0) is 0 Å². The van der Waals surface area contributed by atoms with Crippen LogP contribution in [0.15, 0.2) is 29.3 Å². The van der Waals surface area contributed by atoms with E-state index in [-0.39, 0.29) is 23.6 Å². The van der Waals surface area contributed by atoms with Crippen LogP contribution >= 0.6 is 23.2 Å². The van der Waals surface area contributed by atoms with E-state index in [2.05, 4.69) is 13.8 Å². The van der Waals surface area contributed by atoms with Crippen LogP contribution in [0, 0.1) is 0 Å². The normalized spacial score (nSPS) is 21.8. The van der Waals surface area contributed by atoms with Gasteiger partial charge in [0.05, 0.1) is 5.69 Å². The third kappa shape index (κ3) is 1.96. The molecule has 1 fully saturated rings. The van der Waals surface area contributed by atoms with Gasteiger partial charge in [-0.15, -0.1) is 0 Å². The van der Waals surface area contributed by atoms with Gasteiger partial charge >= 0.3 is 0 Å². The molecule has 2 aliphatic carbocycles. The zero-order valence-electron chi connectivity index (χ0n) is 12.9. The molecule has 0 radical (unpaired) electrons. The Kier molecular flexibility index (Phi) is 3.23. The van der Waals surface area contributed by atoms with Crippen LogP contribution in [0.5, 0.6) is 11.8 Å². The van der Waals surface area contributed by atoms with E-state index in [1.807, 2.05) is 0 Å². The number of rotatable bonds is 1. The summed E-state index contributed by atoms with van der Waals surface area (Å²) in [7, 11) is 0. The minimum Gasteiger partial charge on any atom is -0.494 e. The Hall–Kier alpha value is -1.58. The molecule has 0 unspecified atom stereocenters. The maximum atomic E-state index is 10.8. The first kappa shape index (κ1) is 15.0. The van der Waals surface area contributed by atoms with Crippen molar-refractivity contribution in [1.82, 2.24) is 4.57 Å². The summed E-state index contributed by atoms with van der Waals surface area (Å²) in [6.45, 7) is 4.21. The molecule has 1 aromatic heterocycles. The Morgan fingerprint density at radius 1 is 0.957 bits per heavy atom. The molecule has 1 heterocycles. The van der Waals surface area contributed by atoms with Crippen molar-refractivity contribution in [3.8, 4) is 17.4 Å². The van der Waals surface area contributed by atoms with Gasteiger partial charge in [0.1, 0.15) is 0 Å². The van der Waals surface area contributed by atoms with Crippen molar-refractivity contribution < 1.29 is 10.2 Å². The number of aromatic nitrogens is 1. The molecule has 5 heteroatoms. The van der Waals surface area contributed by atoms with E-state index in [1.165, 1.54) is 15.7 Å². The van der Waals surface area contributed by atoms with E-state index in [0.717, 1.165) is 24.0 Å². The van der Waals surface area contributed by atoms with Gasteiger partial charge < -0.3 is 10.2 Å². The number of benzene rings is 1. The van der Waals surface area contributed by atoms with Crippen molar-refractivity contribution in [3.05, 3.63) is 50.5 Å². The monoisotopic (exact) mass is 349 g/mol. The summed E-state index contributed by atoms with van der Waals surface area (Å²) < 4.78 is 1.45. The van der Waals surface area contributed by atoms with Crippen molar-refractivity contribution in [2.75, 3.05) is 0 Å². The zero-order valence-corrected chi connectivity index (χ0v) is 14.4. The van der Waals surface area contributed by atoms with Crippen molar-refractivity contribution in [3.63, 3.8) is 0 Å². The second kappa shape index (κ2) is 4.96. The Bertz CT molecular complexity index is 805. The quantitative estimate of drug-likeness (QED) is 0.667. The molecule has 0 aliphatic heterocycles. The van der Waals surface area contributed by atoms with Gasteiger partial charge in [0, 0.05) is 33.0 Å². The van der Waals surface area contributed by atoms with Crippen LogP contribution in [0.3, 0.4) is 0 Å². The minimum absolute atomic E-state index is 0.0989. The van der Waals surface area contributed by atoms with E-state index >= 15 is 0 Å². The molecular formula is C18H17Cl2NO2. The fraction of sp³-hybridized carbons (Fsp3) is 0.333. The molecule has 2 atom stereocenters. The molecular weight excluding hydrogens is 333 g/mol. The minimum atomic E-state index is 0.0989. The van der Waals surface area contributed by atoms with Crippen LogP contribution in [0.2, 0.25) is 10.0 Å². The maximum Gasteiger partial charge on any atom is 0.202 e. The molecule has 2 aliphatic rings. The van der Waals surface area contributed by atoms with Gasteiger partial charge in [0.15, 0.2) is 0 Å². The fourth-order valence-electron chi connectivity index (χ4n) is 4.37. The Morgan fingerprint density at radius 3 is 1.87 bits per heavy atom. The third-order valence-electron chi connectivity index (χ3n) is 5.07. The van der Waals surface area contributed by atoms with E-state index < -0.39 is 0 Å². The van der Waals surface area contributed by atoms with Crippen molar-refractivity contribution >= 4 is 23.2 Å². The van der Waals surface area contributed by atoms with Gasteiger partial charge in [-0.05, 0) is 44.9 Å². The number of halogens is 2. The maximum absolute atomic E-state index is 10.8. The summed E-state index contributed by atoms with van der Waals surface area (Å²) >= 11 is 12.1. The van der Waals surface area contributed by atoms with Gasteiger partial charge in [-0.2, -0.15) is 0 Å². The Morgan fingerprint density at radius 2 is 1.43 bits per heavy atom. The molecule has 2 N–H and O–H groups in total. The van der Waals surface area contributed by atoms with E-state index in [4.69, 9.17) is 23.2 Å². The average Bonchev–Trinajstić information content (AvgIpc) is 3.08. The predicted molar refractivity (Wildman–Crippen MR) is 92.2 cm³/mol. The molecule has 23 heavy (non-hydrogen) atoms. The molecule has 0 amide bonds. The topological polar surface area (TPSA) is 45.4 Å². The second-order valence-corrected chi connectivity index (χ2v) is 7.45. The lowest BCUT2D eigenvalue weighted by molar-refractivity contribution is 0.397. The zero-order chi connectivity index (χ0) is 16.5. The van der Waals surface area contributed by atoms with Crippen molar-refractivity contribution in [2.45, 2.75) is 38.5 Å². The molecule has 0 spiro atoms. The summed E-state index contributed by atoms with van der Waals surface area (Å²) in [6, 6.07) is 5.00. The lowest BCUT2D eigenvalue weighted by Crippen LogP contribution is -1.98. The number of fused-ring (bicyclic) bond motifs is 5. The van der Waals surface area contributed by atoms with Crippen LogP contribution in [-0.4, -0.2) is 14.8 Å². The summed E-state index contributed by atoms with van der Waals surface area (Å²) in [5.41, 5.74) is 4.95. The van der Waals surface area contributed by atoms with E-state index in [9.17, 15) is 10.2 Å². The lowest BCUT2D eigenvalue weighted by Gasteiger charge is -2.13. The first-order valence-corrected chi connectivity index (χ1v) is 8.46. The van der Waals surface area contributed by atoms with Gasteiger partial charge in [0.2, 0.25) is 11.8 Å². The highest BCUT2D eigenvalue weighted by molar-refractivity contribution is 6.34. The average molecular weight is 350 g/mol. The first-order chi connectivity index (χ1) is 10.9. The molecule has 1 saturated carbocycles. The standard InChI is InChI=1S/C18H17Cl2NO2/c1-8(2)14-12-3-4-13(14)16-15(12)17(22)21(18(16)23)11-6-9(19)5-10(20)7-11/h5-7,12-13,22-23H,3-4H2,1-2H3/t12-,13+. The molecule has 3 nitrogen and oxygen atoms in total. The van der Waals surface area contributed by atoms with Crippen LogP contribution in [0.4, 0.5) is 0 Å². The highest BCUT2D eigenvalue weighted by Crippen LogP contribution is 2.63. The number of allylic oxidation sites excluding steroid dienone is 2. The summed E-state index contributed by atoms with van der Waals surface area (Å²) in [5.74, 6) is 0.618.